The molecule has 0 aromatic rings. The topological polar surface area (TPSA) is 26.3 Å². The average molecular weight is 182 g/mol. The lowest BCUT2D eigenvalue weighted by Crippen LogP contribution is -1.92. The van der Waals surface area contributed by atoms with Crippen molar-refractivity contribution in [3.63, 3.8) is 0 Å². The van der Waals surface area contributed by atoms with E-state index in [1.807, 2.05) is 6.08 Å². The Morgan fingerprint density at radius 2 is 2.15 bits per heavy atom. The van der Waals surface area contributed by atoms with Gasteiger partial charge in [-0.15, -0.1) is 0 Å². The van der Waals surface area contributed by atoms with Crippen LogP contribution in [0.5, 0.6) is 0 Å². The number of carbonyl (C=O) groups is 1. The Morgan fingerprint density at radius 3 is 2.69 bits per heavy atom. The fourth-order valence-corrected chi connectivity index (χ4v) is 0.898. The highest BCUT2D eigenvalue weighted by atomic mass is 16.5. The molecule has 0 spiro atoms. The highest BCUT2D eigenvalue weighted by Gasteiger charge is 1.89. The third kappa shape index (κ3) is 7.32. The van der Waals surface area contributed by atoms with Gasteiger partial charge >= 0.3 is 5.97 Å². The van der Waals surface area contributed by atoms with Crippen LogP contribution < -0.4 is 0 Å². The van der Waals surface area contributed by atoms with Gasteiger partial charge in [0.25, 0.3) is 0 Å². The van der Waals surface area contributed by atoms with Crippen LogP contribution in [0.4, 0.5) is 0 Å². The van der Waals surface area contributed by atoms with Gasteiger partial charge < -0.3 is 4.74 Å². The summed E-state index contributed by atoms with van der Waals surface area (Å²) >= 11 is 0. The first-order valence-electron chi connectivity index (χ1n) is 4.62. The number of carbonyl (C=O) groups excluding carboxylic acids is 1. The summed E-state index contributed by atoms with van der Waals surface area (Å²) in [6, 6.07) is 0. The molecule has 0 bridgehead atoms. The molecule has 0 unspecified atom stereocenters. The molecule has 0 aliphatic heterocycles. The first-order valence-corrected chi connectivity index (χ1v) is 4.62. The van der Waals surface area contributed by atoms with E-state index in [0.717, 1.165) is 6.42 Å². The molecular formula is C11H18O2. The third-order valence-electron chi connectivity index (χ3n) is 1.74. The number of methoxy groups -OCH3 is 1. The van der Waals surface area contributed by atoms with Crippen molar-refractivity contribution in [3.8, 4) is 0 Å². The van der Waals surface area contributed by atoms with E-state index in [4.69, 9.17) is 0 Å². The molecule has 13 heavy (non-hydrogen) atoms. The Morgan fingerprint density at radius 1 is 1.46 bits per heavy atom. The smallest absolute Gasteiger partial charge is 0.330 e. The van der Waals surface area contributed by atoms with Crippen molar-refractivity contribution in [2.24, 2.45) is 0 Å². The van der Waals surface area contributed by atoms with E-state index in [9.17, 15) is 4.79 Å². The van der Waals surface area contributed by atoms with Crippen molar-refractivity contribution in [3.05, 3.63) is 23.8 Å². The lowest BCUT2D eigenvalue weighted by molar-refractivity contribution is -0.134. The van der Waals surface area contributed by atoms with Gasteiger partial charge in [0, 0.05) is 6.08 Å². The van der Waals surface area contributed by atoms with Crippen LogP contribution in [0.1, 0.15) is 33.1 Å². The number of allylic oxidation sites excluding steroid dienone is 3. The minimum atomic E-state index is -0.306. The molecule has 0 amide bonds. The van der Waals surface area contributed by atoms with Gasteiger partial charge in [-0.1, -0.05) is 31.1 Å². The Kier molecular flexibility index (Phi) is 6.98. The minimum Gasteiger partial charge on any atom is -0.466 e. The number of esters is 1. The second-order valence-electron chi connectivity index (χ2n) is 3.00. The summed E-state index contributed by atoms with van der Waals surface area (Å²) in [6.45, 7) is 4.23. The highest BCUT2D eigenvalue weighted by molar-refractivity contribution is 5.82. The summed E-state index contributed by atoms with van der Waals surface area (Å²) in [4.78, 5) is 10.7. The zero-order valence-electron chi connectivity index (χ0n) is 8.67. The molecule has 0 saturated heterocycles. The Balaban J connectivity index is 3.81. The van der Waals surface area contributed by atoms with E-state index >= 15 is 0 Å². The summed E-state index contributed by atoms with van der Waals surface area (Å²) in [7, 11) is 1.38. The standard InChI is InChI=1S/C11H18O2/c1-4-5-7-10(2)8-6-9-11(12)13-3/h6,8-9H,4-5,7H2,1-3H3/b9-6+,10-8+. The van der Waals surface area contributed by atoms with Gasteiger partial charge in [-0.25, -0.2) is 4.79 Å². The van der Waals surface area contributed by atoms with Gasteiger partial charge in [0.05, 0.1) is 7.11 Å². The second kappa shape index (κ2) is 7.59. The molecule has 0 heterocycles. The Labute approximate surface area is 80.3 Å². The van der Waals surface area contributed by atoms with Crippen molar-refractivity contribution in [1.82, 2.24) is 0 Å². The maximum Gasteiger partial charge on any atom is 0.330 e. The average Bonchev–Trinajstić information content (AvgIpc) is 2.14. The molecule has 0 atom stereocenters. The molecule has 0 aromatic heterocycles. The van der Waals surface area contributed by atoms with E-state index in [0.29, 0.717) is 0 Å². The monoisotopic (exact) mass is 182 g/mol. The predicted octanol–water partition coefficient (Wildman–Crippen LogP) is 2.85. The Bertz CT molecular complexity index is 202. The molecule has 0 saturated carbocycles. The van der Waals surface area contributed by atoms with Crippen molar-refractivity contribution in [2.75, 3.05) is 7.11 Å². The molecule has 0 fully saturated rings. The molecule has 0 radical (unpaired) electrons. The van der Waals surface area contributed by atoms with Crippen LogP contribution in [0.15, 0.2) is 23.8 Å². The first-order chi connectivity index (χ1) is 6.20. The van der Waals surface area contributed by atoms with Gasteiger partial charge in [-0.05, 0) is 19.8 Å². The fourth-order valence-electron chi connectivity index (χ4n) is 0.898. The first kappa shape index (κ1) is 11.9. The van der Waals surface area contributed by atoms with E-state index in [2.05, 4.69) is 18.6 Å². The lowest BCUT2D eigenvalue weighted by atomic mass is 10.1. The zero-order chi connectivity index (χ0) is 10.1. The van der Waals surface area contributed by atoms with E-state index in [1.54, 1.807) is 6.08 Å². The predicted molar refractivity (Wildman–Crippen MR) is 54.4 cm³/mol. The van der Waals surface area contributed by atoms with Crippen LogP contribution in [0.3, 0.4) is 0 Å². The maximum atomic E-state index is 10.7. The van der Waals surface area contributed by atoms with Crippen LogP contribution in [0.25, 0.3) is 0 Å². The zero-order valence-corrected chi connectivity index (χ0v) is 8.67. The van der Waals surface area contributed by atoms with Crippen LogP contribution in [-0.4, -0.2) is 13.1 Å². The summed E-state index contributed by atoms with van der Waals surface area (Å²) in [6.07, 6.45) is 8.61. The van der Waals surface area contributed by atoms with Crippen LogP contribution in [-0.2, 0) is 9.53 Å². The molecule has 2 heteroatoms. The van der Waals surface area contributed by atoms with E-state index in [1.165, 1.54) is 31.6 Å². The van der Waals surface area contributed by atoms with E-state index < -0.39 is 0 Å². The SMILES string of the molecule is CCCC/C(C)=C/C=C/C(=O)OC. The van der Waals surface area contributed by atoms with Gasteiger partial charge in [0.2, 0.25) is 0 Å². The molecule has 0 aliphatic rings. The Hall–Kier alpha value is -1.05. The third-order valence-corrected chi connectivity index (χ3v) is 1.74. The minimum absolute atomic E-state index is 0.306. The number of hydrogen-bond donors (Lipinski definition) is 0. The molecule has 0 rings (SSSR count). The number of hydrogen-bond acceptors (Lipinski definition) is 2. The summed E-state index contributed by atoms with van der Waals surface area (Å²) in [5, 5.41) is 0. The second-order valence-corrected chi connectivity index (χ2v) is 3.00. The van der Waals surface area contributed by atoms with Gasteiger partial charge in [0.1, 0.15) is 0 Å². The molecule has 0 aliphatic carbocycles. The number of ether oxygens (including phenoxy) is 1. The molecule has 74 valence electrons. The van der Waals surface area contributed by atoms with Crippen LogP contribution in [0, 0.1) is 0 Å². The van der Waals surface area contributed by atoms with Crippen molar-refractivity contribution in [2.45, 2.75) is 33.1 Å². The summed E-state index contributed by atoms with van der Waals surface area (Å²) in [5.41, 5.74) is 1.29. The van der Waals surface area contributed by atoms with Gasteiger partial charge in [-0.3, -0.25) is 0 Å². The van der Waals surface area contributed by atoms with Crippen LogP contribution in [0.2, 0.25) is 0 Å². The van der Waals surface area contributed by atoms with E-state index in [-0.39, 0.29) is 5.97 Å². The van der Waals surface area contributed by atoms with Gasteiger partial charge in [-0.2, -0.15) is 0 Å². The summed E-state index contributed by atoms with van der Waals surface area (Å²) in [5.74, 6) is -0.306. The van der Waals surface area contributed by atoms with Crippen LogP contribution >= 0.6 is 0 Å². The molecule has 0 N–H and O–H groups in total. The number of unbranched alkanes of at least 4 members (excludes halogenated alkanes) is 1. The molecule has 2 nitrogen and oxygen atoms in total. The summed E-state index contributed by atoms with van der Waals surface area (Å²) < 4.78 is 4.46. The largest absolute Gasteiger partial charge is 0.466 e. The number of rotatable bonds is 5. The van der Waals surface area contributed by atoms with Gasteiger partial charge in [0.15, 0.2) is 0 Å². The lowest BCUT2D eigenvalue weighted by Gasteiger charge is -1.95. The van der Waals surface area contributed by atoms with Crippen molar-refractivity contribution >= 4 is 5.97 Å². The van der Waals surface area contributed by atoms with Crippen molar-refractivity contribution < 1.29 is 9.53 Å². The highest BCUT2D eigenvalue weighted by Crippen LogP contribution is 2.05. The maximum absolute atomic E-state index is 10.7. The quantitative estimate of drug-likeness (QED) is 0.371. The molecular weight excluding hydrogens is 164 g/mol. The van der Waals surface area contributed by atoms with Crippen molar-refractivity contribution in [1.29, 1.82) is 0 Å². The fraction of sp³-hybridized carbons (Fsp3) is 0.545. The molecule has 0 aromatic carbocycles. The normalized spacial score (nSPS) is 12.1.